The number of ether oxygens (including phenoxy) is 1. The number of halogens is 1. The Balaban J connectivity index is 2.06. The molecule has 0 bridgehead atoms. The standard InChI is InChI=1S/C21H33ClN4O2/c1-5-23-21(24-13-15(2)20(27)28-4)25-14-17-9-7-11-26(3)19(17)16-8-6-10-18(22)12-16/h6,8,10,12,15,17,19H,5,7,9,11,13-14H2,1-4H3,(H2,23,24,25). The number of hydrogen-bond acceptors (Lipinski definition) is 4. The van der Waals surface area contributed by atoms with E-state index in [1.807, 2.05) is 26.0 Å². The molecule has 2 rings (SSSR count). The molecule has 3 atom stereocenters. The molecule has 28 heavy (non-hydrogen) atoms. The number of carbonyl (C=O) groups excluding carboxylic acids is 1. The Morgan fingerprint density at radius 1 is 1.43 bits per heavy atom. The minimum absolute atomic E-state index is 0.241. The molecular formula is C21H33ClN4O2. The summed E-state index contributed by atoms with van der Waals surface area (Å²) in [5.74, 6) is 0.672. The van der Waals surface area contributed by atoms with Gasteiger partial charge in [-0.05, 0) is 57.0 Å². The van der Waals surface area contributed by atoms with Crippen molar-refractivity contribution in [2.75, 3.05) is 40.3 Å². The smallest absolute Gasteiger partial charge is 0.310 e. The van der Waals surface area contributed by atoms with Gasteiger partial charge in [0.05, 0.1) is 19.6 Å². The molecule has 1 saturated heterocycles. The number of guanidine groups is 1. The van der Waals surface area contributed by atoms with E-state index in [-0.39, 0.29) is 11.9 Å². The van der Waals surface area contributed by atoms with Crippen LogP contribution in [-0.4, -0.2) is 57.2 Å². The monoisotopic (exact) mass is 408 g/mol. The molecule has 1 aromatic carbocycles. The predicted molar refractivity (Wildman–Crippen MR) is 115 cm³/mol. The molecule has 0 amide bonds. The molecule has 156 valence electrons. The second kappa shape index (κ2) is 11.3. The second-order valence-electron chi connectivity index (χ2n) is 7.41. The lowest BCUT2D eigenvalue weighted by Gasteiger charge is -2.40. The maximum Gasteiger partial charge on any atom is 0.310 e. The van der Waals surface area contributed by atoms with Crippen LogP contribution in [0, 0.1) is 11.8 Å². The largest absolute Gasteiger partial charge is 0.469 e. The molecular weight excluding hydrogens is 376 g/mol. The van der Waals surface area contributed by atoms with Crippen LogP contribution in [0.3, 0.4) is 0 Å². The molecule has 1 fully saturated rings. The summed E-state index contributed by atoms with van der Waals surface area (Å²) in [5, 5.41) is 7.50. The predicted octanol–water partition coefficient (Wildman–Crippen LogP) is 3.09. The second-order valence-corrected chi connectivity index (χ2v) is 7.84. The van der Waals surface area contributed by atoms with E-state index in [0.29, 0.717) is 18.5 Å². The van der Waals surface area contributed by atoms with Gasteiger partial charge in [0.25, 0.3) is 0 Å². The van der Waals surface area contributed by atoms with E-state index in [2.05, 4.69) is 39.7 Å². The summed E-state index contributed by atoms with van der Waals surface area (Å²) in [7, 11) is 3.58. The van der Waals surface area contributed by atoms with Crippen LogP contribution in [0.5, 0.6) is 0 Å². The molecule has 3 unspecified atom stereocenters. The highest BCUT2D eigenvalue weighted by Gasteiger charge is 2.30. The van der Waals surface area contributed by atoms with E-state index in [1.165, 1.54) is 19.1 Å². The number of hydrogen-bond donors (Lipinski definition) is 2. The van der Waals surface area contributed by atoms with Crippen LogP contribution in [0.25, 0.3) is 0 Å². The molecule has 1 aliphatic heterocycles. The maximum atomic E-state index is 11.6. The number of aliphatic imine (C=N–C) groups is 1. The van der Waals surface area contributed by atoms with Crippen molar-refractivity contribution >= 4 is 23.5 Å². The van der Waals surface area contributed by atoms with E-state index in [1.54, 1.807) is 0 Å². The van der Waals surface area contributed by atoms with Gasteiger partial charge in [-0.2, -0.15) is 0 Å². The van der Waals surface area contributed by atoms with Crippen molar-refractivity contribution in [1.29, 1.82) is 0 Å². The highest BCUT2D eigenvalue weighted by molar-refractivity contribution is 6.30. The summed E-state index contributed by atoms with van der Waals surface area (Å²) in [5.41, 5.74) is 1.25. The third-order valence-electron chi connectivity index (χ3n) is 5.20. The van der Waals surface area contributed by atoms with E-state index in [0.717, 1.165) is 37.0 Å². The van der Waals surface area contributed by atoms with Crippen molar-refractivity contribution in [2.24, 2.45) is 16.8 Å². The average Bonchev–Trinajstić information content (AvgIpc) is 2.69. The van der Waals surface area contributed by atoms with E-state index < -0.39 is 0 Å². The fraction of sp³-hybridized carbons (Fsp3) is 0.619. The zero-order valence-corrected chi connectivity index (χ0v) is 18.1. The molecule has 1 heterocycles. The average molecular weight is 409 g/mol. The van der Waals surface area contributed by atoms with Crippen molar-refractivity contribution < 1.29 is 9.53 Å². The third-order valence-corrected chi connectivity index (χ3v) is 5.44. The Hall–Kier alpha value is -1.79. The van der Waals surface area contributed by atoms with Crippen LogP contribution < -0.4 is 10.6 Å². The summed E-state index contributed by atoms with van der Waals surface area (Å²) in [6.45, 7) is 6.90. The fourth-order valence-electron chi connectivity index (χ4n) is 3.76. The molecule has 2 N–H and O–H groups in total. The van der Waals surface area contributed by atoms with Crippen molar-refractivity contribution in [3.05, 3.63) is 34.9 Å². The van der Waals surface area contributed by atoms with E-state index >= 15 is 0 Å². The molecule has 0 aliphatic carbocycles. The van der Waals surface area contributed by atoms with Gasteiger partial charge in [0, 0.05) is 24.2 Å². The molecule has 0 aromatic heterocycles. The molecule has 7 heteroatoms. The first-order valence-electron chi connectivity index (χ1n) is 10.0. The molecule has 0 spiro atoms. The van der Waals surface area contributed by atoms with Gasteiger partial charge in [0.15, 0.2) is 5.96 Å². The summed E-state index contributed by atoms with van der Waals surface area (Å²) in [6, 6.07) is 8.47. The zero-order valence-electron chi connectivity index (χ0n) is 17.4. The first-order valence-corrected chi connectivity index (χ1v) is 10.4. The molecule has 1 aliphatic rings. The Labute approximate surface area is 173 Å². The highest BCUT2D eigenvalue weighted by atomic mass is 35.5. The zero-order chi connectivity index (χ0) is 20.5. The van der Waals surface area contributed by atoms with Crippen LogP contribution in [0.4, 0.5) is 0 Å². The Kier molecular flexibility index (Phi) is 9.06. The van der Waals surface area contributed by atoms with Crippen LogP contribution in [0.15, 0.2) is 29.3 Å². The number of carbonyl (C=O) groups is 1. The van der Waals surface area contributed by atoms with Gasteiger partial charge in [0.2, 0.25) is 0 Å². The topological polar surface area (TPSA) is 66.0 Å². The number of benzene rings is 1. The number of likely N-dealkylation sites (tertiary alicyclic amines) is 1. The van der Waals surface area contributed by atoms with Crippen molar-refractivity contribution in [1.82, 2.24) is 15.5 Å². The first-order chi connectivity index (χ1) is 13.5. The Morgan fingerprint density at radius 3 is 2.89 bits per heavy atom. The molecule has 0 radical (unpaired) electrons. The number of piperidine rings is 1. The van der Waals surface area contributed by atoms with Gasteiger partial charge >= 0.3 is 5.97 Å². The van der Waals surface area contributed by atoms with E-state index in [4.69, 9.17) is 16.3 Å². The van der Waals surface area contributed by atoms with Crippen LogP contribution in [0.1, 0.15) is 38.3 Å². The van der Waals surface area contributed by atoms with Crippen LogP contribution >= 0.6 is 11.6 Å². The van der Waals surface area contributed by atoms with Crippen LogP contribution in [-0.2, 0) is 9.53 Å². The molecule has 6 nitrogen and oxygen atoms in total. The Bertz CT molecular complexity index is 668. The highest BCUT2D eigenvalue weighted by Crippen LogP contribution is 2.35. The van der Waals surface area contributed by atoms with E-state index in [9.17, 15) is 4.79 Å². The quantitative estimate of drug-likeness (QED) is 0.412. The number of nitrogens with one attached hydrogen (secondary N) is 2. The number of methoxy groups -OCH3 is 1. The van der Waals surface area contributed by atoms with Crippen molar-refractivity contribution in [3.8, 4) is 0 Å². The maximum absolute atomic E-state index is 11.6. The number of esters is 1. The van der Waals surface area contributed by atoms with Gasteiger partial charge in [-0.1, -0.05) is 30.7 Å². The third kappa shape index (κ3) is 6.38. The van der Waals surface area contributed by atoms with Gasteiger partial charge in [-0.3, -0.25) is 14.7 Å². The van der Waals surface area contributed by atoms with Crippen molar-refractivity contribution in [2.45, 2.75) is 32.7 Å². The van der Waals surface area contributed by atoms with Gasteiger partial charge in [0.1, 0.15) is 0 Å². The lowest BCUT2D eigenvalue weighted by Crippen LogP contribution is -2.45. The van der Waals surface area contributed by atoms with Crippen LogP contribution in [0.2, 0.25) is 5.02 Å². The SMILES string of the molecule is CCNC(=NCC(C)C(=O)OC)NCC1CCCN(C)C1c1cccc(Cl)c1. The summed E-state index contributed by atoms with van der Waals surface area (Å²) < 4.78 is 4.78. The molecule has 0 saturated carbocycles. The minimum atomic E-state index is -0.263. The molecule has 1 aromatic rings. The van der Waals surface area contributed by atoms with Gasteiger partial charge < -0.3 is 15.4 Å². The van der Waals surface area contributed by atoms with Gasteiger partial charge in [-0.15, -0.1) is 0 Å². The minimum Gasteiger partial charge on any atom is -0.469 e. The normalized spacial score (nSPS) is 21.8. The number of rotatable bonds is 7. The summed E-state index contributed by atoms with van der Waals surface area (Å²) in [4.78, 5) is 18.6. The lowest BCUT2D eigenvalue weighted by atomic mass is 9.85. The first kappa shape index (κ1) is 22.5. The lowest BCUT2D eigenvalue weighted by molar-refractivity contribution is -0.144. The Morgan fingerprint density at radius 2 is 2.21 bits per heavy atom. The van der Waals surface area contributed by atoms with Crippen molar-refractivity contribution in [3.63, 3.8) is 0 Å². The number of nitrogens with zero attached hydrogens (tertiary/aromatic N) is 2. The summed E-state index contributed by atoms with van der Waals surface area (Å²) >= 11 is 6.24. The summed E-state index contributed by atoms with van der Waals surface area (Å²) in [6.07, 6.45) is 2.32. The van der Waals surface area contributed by atoms with Gasteiger partial charge in [-0.25, -0.2) is 0 Å². The fourth-order valence-corrected chi connectivity index (χ4v) is 3.96.